The van der Waals surface area contributed by atoms with Crippen LogP contribution in [-0.2, 0) is 6.42 Å². The van der Waals surface area contributed by atoms with Gasteiger partial charge in [0.05, 0.1) is 18.0 Å². The molecule has 0 bridgehead atoms. The molecule has 1 aliphatic carbocycles. The molecule has 0 spiro atoms. The van der Waals surface area contributed by atoms with E-state index in [9.17, 15) is 5.21 Å². The number of aryl methyl sites for hydroxylation is 2. The number of fused-ring (bicyclic) bond motifs is 1. The number of benzene rings is 2. The summed E-state index contributed by atoms with van der Waals surface area (Å²) in [4.78, 5) is 9.08. The predicted octanol–water partition coefficient (Wildman–Crippen LogP) is 4.49. The van der Waals surface area contributed by atoms with Crippen molar-refractivity contribution >= 4 is 11.7 Å². The highest BCUT2D eigenvalue weighted by atomic mass is 16.5. The van der Waals surface area contributed by atoms with E-state index in [1.54, 1.807) is 6.20 Å². The van der Waals surface area contributed by atoms with Crippen molar-refractivity contribution in [3.8, 4) is 5.75 Å². The number of hydrogen-bond donors (Lipinski definition) is 2. The third kappa shape index (κ3) is 4.43. The SMILES string of the molecule is Cc1ccc(OCCNc2ncc3c(n2)C[C@H](c2ccccc2)C/C3=N\O)cc1C. The fourth-order valence-corrected chi connectivity index (χ4v) is 3.74. The van der Waals surface area contributed by atoms with Crippen LogP contribution in [0.2, 0.25) is 0 Å². The van der Waals surface area contributed by atoms with E-state index in [0.717, 1.165) is 23.4 Å². The Bertz CT molecular complexity index is 1050. The van der Waals surface area contributed by atoms with Gasteiger partial charge in [-0.2, -0.15) is 0 Å². The molecule has 0 saturated carbocycles. The molecule has 6 nitrogen and oxygen atoms in total. The first kappa shape index (κ1) is 19.9. The number of rotatable bonds is 6. The fraction of sp³-hybridized carbons (Fsp3) is 0.292. The lowest BCUT2D eigenvalue weighted by molar-refractivity contribution is 0.316. The second-order valence-corrected chi connectivity index (χ2v) is 7.64. The minimum atomic E-state index is 0.237. The number of aromatic nitrogens is 2. The van der Waals surface area contributed by atoms with Crippen LogP contribution in [0.25, 0.3) is 0 Å². The second kappa shape index (κ2) is 8.95. The Hall–Kier alpha value is -3.41. The van der Waals surface area contributed by atoms with Gasteiger partial charge in [-0.1, -0.05) is 41.6 Å². The minimum Gasteiger partial charge on any atom is -0.492 e. The molecule has 0 fully saturated rings. The summed E-state index contributed by atoms with van der Waals surface area (Å²) >= 11 is 0. The summed E-state index contributed by atoms with van der Waals surface area (Å²) in [7, 11) is 0. The van der Waals surface area contributed by atoms with Gasteiger partial charge in [0.2, 0.25) is 5.95 Å². The van der Waals surface area contributed by atoms with Crippen molar-refractivity contribution in [3.05, 3.63) is 82.7 Å². The van der Waals surface area contributed by atoms with Gasteiger partial charge >= 0.3 is 0 Å². The lowest BCUT2D eigenvalue weighted by Crippen LogP contribution is -2.22. The molecule has 0 radical (unpaired) electrons. The average molecular weight is 402 g/mol. The summed E-state index contributed by atoms with van der Waals surface area (Å²) < 4.78 is 5.82. The third-order valence-electron chi connectivity index (χ3n) is 5.58. The zero-order valence-corrected chi connectivity index (χ0v) is 17.3. The van der Waals surface area contributed by atoms with Crippen LogP contribution in [0.1, 0.15) is 40.3 Å². The average Bonchev–Trinajstić information content (AvgIpc) is 2.78. The van der Waals surface area contributed by atoms with Gasteiger partial charge in [0.15, 0.2) is 0 Å². The first-order valence-electron chi connectivity index (χ1n) is 10.2. The van der Waals surface area contributed by atoms with E-state index in [1.165, 1.54) is 16.7 Å². The van der Waals surface area contributed by atoms with Crippen LogP contribution in [0.3, 0.4) is 0 Å². The van der Waals surface area contributed by atoms with Crippen molar-refractivity contribution in [2.75, 3.05) is 18.5 Å². The van der Waals surface area contributed by atoms with Gasteiger partial charge in [0.25, 0.3) is 0 Å². The monoisotopic (exact) mass is 402 g/mol. The van der Waals surface area contributed by atoms with E-state index in [1.807, 2.05) is 30.3 Å². The van der Waals surface area contributed by atoms with Crippen LogP contribution in [-0.4, -0.2) is 34.0 Å². The lowest BCUT2D eigenvalue weighted by Gasteiger charge is -2.25. The zero-order valence-electron chi connectivity index (χ0n) is 17.3. The third-order valence-corrected chi connectivity index (χ3v) is 5.58. The number of hydrogen-bond acceptors (Lipinski definition) is 6. The number of anilines is 1. The molecule has 0 amide bonds. The number of nitrogens with zero attached hydrogens (tertiary/aromatic N) is 3. The summed E-state index contributed by atoms with van der Waals surface area (Å²) in [6.45, 7) is 5.27. The van der Waals surface area contributed by atoms with Crippen LogP contribution < -0.4 is 10.1 Å². The summed E-state index contributed by atoms with van der Waals surface area (Å²) in [5, 5.41) is 16.2. The highest BCUT2D eigenvalue weighted by Gasteiger charge is 2.27. The standard InChI is InChI=1S/C24H26N4O2/c1-16-8-9-20(12-17(16)2)30-11-10-25-24-26-15-21-22(27-24)13-19(14-23(21)28-29)18-6-4-3-5-7-18/h3-9,12,15,19,29H,10-11,13-14H2,1-2H3,(H,25,26,27)/b28-23+/t19-/m0/s1. The molecule has 30 heavy (non-hydrogen) atoms. The minimum absolute atomic E-state index is 0.237. The van der Waals surface area contributed by atoms with E-state index < -0.39 is 0 Å². The molecule has 0 aliphatic heterocycles. The Labute approximate surface area is 176 Å². The maximum atomic E-state index is 9.49. The molecular formula is C24H26N4O2. The predicted molar refractivity (Wildman–Crippen MR) is 118 cm³/mol. The van der Waals surface area contributed by atoms with E-state index in [-0.39, 0.29) is 5.92 Å². The van der Waals surface area contributed by atoms with Gasteiger partial charge in [-0.25, -0.2) is 9.97 Å². The first-order chi connectivity index (χ1) is 14.6. The molecule has 0 saturated heterocycles. The fourth-order valence-electron chi connectivity index (χ4n) is 3.74. The number of ether oxygens (including phenoxy) is 1. The van der Waals surface area contributed by atoms with Crippen molar-refractivity contribution in [1.82, 2.24) is 9.97 Å². The molecule has 2 N–H and O–H groups in total. The van der Waals surface area contributed by atoms with Crippen molar-refractivity contribution in [2.24, 2.45) is 5.16 Å². The number of oxime groups is 1. The molecule has 2 aromatic carbocycles. The quantitative estimate of drug-likeness (QED) is 0.361. The lowest BCUT2D eigenvalue weighted by atomic mass is 9.82. The maximum Gasteiger partial charge on any atom is 0.223 e. The molecule has 1 aromatic heterocycles. The van der Waals surface area contributed by atoms with Gasteiger partial charge in [-0.15, -0.1) is 0 Å². The first-order valence-corrected chi connectivity index (χ1v) is 10.2. The highest BCUT2D eigenvalue weighted by Crippen LogP contribution is 2.32. The van der Waals surface area contributed by atoms with Crippen molar-refractivity contribution in [2.45, 2.75) is 32.6 Å². The van der Waals surface area contributed by atoms with Crippen LogP contribution >= 0.6 is 0 Å². The van der Waals surface area contributed by atoms with Crippen LogP contribution in [0, 0.1) is 13.8 Å². The largest absolute Gasteiger partial charge is 0.492 e. The van der Waals surface area contributed by atoms with Gasteiger partial charge in [0, 0.05) is 18.2 Å². The van der Waals surface area contributed by atoms with Crippen molar-refractivity contribution in [1.29, 1.82) is 0 Å². The second-order valence-electron chi connectivity index (χ2n) is 7.64. The zero-order chi connectivity index (χ0) is 20.9. The van der Waals surface area contributed by atoms with E-state index in [2.05, 4.69) is 52.5 Å². The topological polar surface area (TPSA) is 79.6 Å². The Morgan fingerprint density at radius 3 is 2.70 bits per heavy atom. The van der Waals surface area contributed by atoms with E-state index in [4.69, 9.17) is 4.74 Å². The Balaban J connectivity index is 1.41. The maximum absolute atomic E-state index is 9.49. The van der Waals surface area contributed by atoms with Gasteiger partial charge in [-0.05, 0) is 55.0 Å². The Morgan fingerprint density at radius 2 is 1.93 bits per heavy atom. The molecule has 4 rings (SSSR count). The molecule has 154 valence electrons. The van der Waals surface area contributed by atoms with Crippen molar-refractivity contribution in [3.63, 3.8) is 0 Å². The van der Waals surface area contributed by atoms with Crippen molar-refractivity contribution < 1.29 is 9.94 Å². The van der Waals surface area contributed by atoms with E-state index >= 15 is 0 Å². The van der Waals surface area contributed by atoms with Gasteiger partial charge < -0.3 is 15.3 Å². The van der Waals surface area contributed by atoms with Crippen LogP contribution in [0.5, 0.6) is 5.75 Å². The van der Waals surface area contributed by atoms with Gasteiger partial charge in [-0.3, -0.25) is 0 Å². The smallest absolute Gasteiger partial charge is 0.223 e. The summed E-state index contributed by atoms with van der Waals surface area (Å²) in [5.74, 6) is 1.66. The molecule has 0 unspecified atom stereocenters. The Kier molecular flexibility index (Phi) is 5.93. The van der Waals surface area contributed by atoms with Crippen LogP contribution in [0.4, 0.5) is 5.95 Å². The Morgan fingerprint density at radius 1 is 1.10 bits per heavy atom. The normalized spacial score (nSPS) is 16.9. The van der Waals surface area contributed by atoms with Gasteiger partial charge in [0.1, 0.15) is 12.4 Å². The molecule has 1 atom stereocenters. The molecule has 6 heteroatoms. The summed E-state index contributed by atoms with van der Waals surface area (Å²) in [5.41, 5.74) is 6.04. The molecule has 3 aromatic rings. The molecule has 1 aliphatic rings. The highest BCUT2D eigenvalue weighted by molar-refractivity contribution is 6.02. The summed E-state index contributed by atoms with van der Waals surface area (Å²) in [6, 6.07) is 16.4. The van der Waals surface area contributed by atoms with Crippen LogP contribution in [0.15, 0.2) is 59.9 Å². The number of nitrogens with one attached hydrogen (secondary N) is 1. The van der Waals surface area contributed by atoms with E-state index in [0.29, 0.717) is 31.2 Å². The molecule has 1 heterocycles. The molecular weight excluding hydrogens is 376 g/mol. The summed E-state index contributed by atoms with van der Waals surface area (Å²) in [6.07, 6.45) is 3.20.